The summed E-state index contributed by atoms with van der Waals surface area (Å²) in [5.74, 6) is -1.23. The summed E-state index contributed by atoms with van der Waals surface area (Å²) in [6, 6.07) is 0. The summed E-state index contributed by atoms with van der Waals surface area (Å²) in [4.78, 5) is 20.9. The van der Waals surface area contributed by atoms with E-state index in [1.165, 1.54) is 7.05 Å². The van der Waals surface area contributed by atoms with Gasteiger partial charge in [0.15, 0.2) is 12.2 Å². The molecule has 0 radical (unpaired) electrons. The molecule has 11 nitrogen and oxygen atoms in total. The molecule has 0 saturated carbocycles. The fourth-order valence-corrected chi connectivity index (χ4v) is 0.906. The van der Waals surface area contributed by atoms with Crippen LogP contribution in [0.3, 0.4) is 0 Å². The molecule has 0 aliphatic heterocycles. The van der Waals surface area contributed by atoms with E-state index < -0.39 is 37.0 Å². The maximum absolute atomic E-state index is 9.92. The normalized spacial score (nSPS) is 14.3. The van der Waals surface area contributed by atoms with Crippen molar-refractivity contribution in [3.63, 3.8) is 0 Å². The molecule has 13 heteroatoms. The van der Waals surface area contributed by atoms with Gasteiger partial charge in [0.1, 0.15) is 31.0 Å². The van der Waals surface area contributed by atoms with E-state index in [9.17, 15) is 9.59 Å². The van der Waals surface area contributed by atoms with Crippen LogP contribution in [0.2, 0.25) is 0 Å². The van der Waals surface area contributed by atoms with Crippen molar-refractivity contribution in [3.8, 4) is 0 Å². The van der Waals surface area contributed by atoms with Crippen molar-refractivity contribution in [2.24, 2.45) is 5.73 Å². The number of carboxylic acids is 1. The zero-order chi connectivity index (χ0) is 17.2. The number of aliphatic hydroxyl groups is 5. The largest absolute Gasteiger partial charge is 0.480 e. The van der Waals surface area contributed by atoms with Gasteiger partial charge >= 0.3 is 29.0 Å². The Morgan fingerprint density at radius 3 is 1.91 bits per heavy atom. The minimum absolute atomic E-state index is 0. The first kappa shape index (κ1) is 30.5. The Bertz CT molecular complexity index is 352. The predicted octanol–water partition coefficient (Wildman–Crippen LogP) is -5.40. The number of hydrogen-bond donors (Lipinski definition) is 8. The molecule has 0 amide bonds. The molecular formula is C10H23MgN3O8Zn. The zero-order valence-corrected chi connectivity index (χ0v) is 15.0. The Morgan fingerprint density at radius 2 is 1.70 bits per heavy atom. The van der Waals surface area contributed by atoms with Crippen molar-refractivity contribution in [2.75, 3.05) is 20.2 Å². The van der Waals surface area contributed by atoms with E-state index >= 15 is 0 Å². The SMILES string of the molecule is CN(CC(=O)O)C(=N)N.O=CC(O)C(O)C(O)C(O)CO.[MgH2].[Zn]. The summed E-state index contributed by atoms with van der Waals surface area (Å²) in [7, 11) is 1.44. The summed E-state index contributed by atoms with van der Waals surface area (Å²) < 4.78 is 0. The molecule has 9 N–H and O–H groups in total. The van der Waals surface area contributed by atoms with E-state index in [0.29, 0.717) is 0 Å². The Morgan fingerprint density at radius 1 is 1.26 bits per heavy atom. The smallest absolute Gasteiger partial charge is 0.323 e. The molecule has 0 bridgehead atoms. The van der Waals surface area contributed by atoms with E-state index in [1.54, 1.807) is 0 Å². The van der Waals surface area contributed by atoms with Crippen LogP contribution in [-0.4, -0.2) is 121 Å². The number of carboxylic acid groups (broad SMARTS) is 1. The van der Waals surface area contributed by atoms with Crippen LogP contribution in [0.25, 0.3) is 0 Å². The number of nitrogens with zero attached hydrogens (tertiary/aromatic N) is 1. The first-order valence-corrected chi connectivity index (χ1v) is 5.63. The van der Waals surface area contributed by atoms with Gasteiger partial charge in [-0.15, -0.1) is 0 Å². The average molecular weight is 403 g/mol. The Kier molecular flexibility index (Phi) is 21.8. The summed E-state index contributed by atoms with van der Waals surface area (Å²) in [6.45, 7) is -0.987. The Hall–Kier alpha value is -0.400. The molecule has 130 valence electrons. The Labute approximate surface area is 161 Å². The summed E-state index contributed by atoms with van der Waals surface area (Å²) >= 11 is 0. The van der Waals surface area contributed by atoms with Gasteiger partial charge in [-0.25, -0.2) is 0 Å². The van der Waals surface area contributed by atoms with Gasteiger partial charge in [0, 0.05) is 26.5 Å². The quantitative estimate of drug-likeness (QED) is 0.0876. The second kappa shape index (κ2) is 16.5. The van der Waals surface area contributed by atoms with Gasteiger partial charge in [-0.05, 0) is 0 Å². The first-order valence-electron chi connectivity index (χ1n) is 5.63. The molecule has 0 rings (SSSR count). The summed E-state index contributed by atoms with van der Waals surface area (Å²) in [6.07, 6.45) is -6.84. The molecular weight excluding hydrogens is 380 g/mol. The maximum atomic E-state index is 9.92. The van der Waals surface area contributed by atoms with E-state index in [0.717, 1.165) is 4.90 Å². The first-order chi connectivity index (χ1) is 9.58. The third-order valence-electron chi connectivity index (χ3n) is 2.20. The summed E-state index contributed by atoms with van der Waals surface area (Å²) in [5.41, 5.74) is 4.93. The molecule has 0 saturated heterocycles. The van der Waals surface area contributed by atoms with E-state index in [2.05, 4.69) is 0 Å². The number of carbonyl (C=O) groups is 2. The van der Waals surface area contributed by atoms with Crippen molar-refractivity contribution in [1.29, 1.82) is 5.41 Å². The van der Waals surface area contributed by atoms with E-state index in [1.807, 2.05) is 0 Å². The number of aliphatic carboxylic acids is 1. The zero-order valence-electron chi connectivity index (χ0n) is 12.0. The van der Waals surface area contributed by atoms with Gasteiger partial charge in [-0.1, -0.05) is 0 Å². The topological polar surface area (TPSA) is 209 Å². The number of nitrogens with two attached hydrogens (primary N) is 1. The molecule has 0 aromatic rings. The molecule has 0 heterocycles. The summed E-state index contributed by atoms with van der Waals surface area (Å²) in [5, 5.41) is 58.4. The van der Waals surface area contributed by atoms with Gasteiger partial charge in [-0.3, -0.25) is 10.2 Å². The number of likely N-dealkylation sites (N-methyl/N-ethyl adjacent to an activating group) is 1. The molecule has 0 aliphatic rings. The van der Waals surface area contributed by atoms with Gasteiger partial charge in [0.2, 0.25) is 0 Å². The second-order valence-electron chi connectivity index (χ2n) is 3.99. The number of nitrogens with one attached hydrogen (secondary N) is 1. The minimum atomic E-state index is -1.79. The van der Waals surface area contributed by atoms with E-state index in [-0.39, 0.29) is 61.3 Å². The molecule has 23 heavy (non-hydrogen) atoms. The van der Waals surface area contributed by atoms with Crippen LogP contribution in [0.15, 0.2) is 0 Å². The molecule has 4 atom stereocenters. The van der Waals surface area contributed by atoms with Crippen LogP contribution in [0.5, 0.6) is 0 Å². The predicted molar refractivity (Wildman–Crippen MR) is 77.9 cm³/mol. The van der Waals surface area contributed by atoms with Crippen LogP contribution in [0.1, 0.15) is 0 Å². The van der Waals surface area contributed by atoms with Crippen molar-refractivity contribution in [1.82, 2.24) is 4.90 Å². The number of carbonyl (C=O) groups excluding carboxylic acids is 1. The second-order valence-corrected chi connectivity index (χ2v) is 3.99. The molecule has 0 aromatic carbocycles. The van der Waals surface area contributed by atoms with Crippen LogP contribution < -0.4 is 5.73 Å². The molecule has 0 aliphatic carbocycles. The molecule has 0 fully saturated rings. The van der Waals surface area contributed by atoms with Crippen molar-refractivity contribution < 1.29 is 59.7 Å². The van der Waals surface area contributed by atoms with Gasteiger partial charge in [0.25, 0.3) is 0 Å². The van der Waals surface area contributed by atoms with Crippen LogP contribution in [0.4, 0.5) is 0 Å². The number of aldehydes is 1. The number of guanidine groups is 1. The number of aliphatic hydroxyl groups excluding tert-OH is 5. The number of rotatable bonds is 7. The van der Waals surface area contributed by atoms with Crippen molar-refractivity contribution in [3.05, 3.63) is 0 Å². The number of hydrogen-bond acceptors (Lipinski definition) is 8. The fraction of sp³-hybridized carbons (Fsp3) is 0.700. The molecule has 4 unspecified atom stereocenters. The fourth-order valence-electron chi connectivity index (χ4n) is 0.906. The monoisotopic (exact) mass is 401 g/mol. The third-order valence-corrected chi connectivity index (χ3v) is 2.20. The van der Waals surface area contributed by atoms with Crippen molar-refractivity contribution in [2.45, 2.75) is 24.4 Å². The standard InChI is InChI=1S/C6H12O6.C4H9N3O2.Mg.Zn.2H/c7-1-3(9)5(11)6(12)4(10)2-8;1-7(4(5)6)2-3(8)9;;;;/h1,3-6,8-12H,2H2;2H2,1H3,(H3,5,6)(H,8,9);;;;. The molecule has 0 aromatic heterocycles. The van der Waals surface area contributed by atoms with Crippen LogP contribution in [-0.2, 0) is 29.1 Å². The van der Waals surface area contributed by atoms with Crippen LogP contribution >= 0.6 is 0 Å². The Balaban J connectivity index is -0.000000149. The third kappa shape index (κ3) is 14.9. The van der Waals surface area contributed by atoms with Gasteiger partial charge in [-0.2, -0.15) is 0 Å². The average Bonchev–Trinajstić information content (AvgIpc) is 2.43. The van der Waals surface area contributed by atoms with Gasteiger partial charge in [0.05, 0.1) is 6.61 Å². The molecule has 0 spiro atoms. The van der Waals surface area contributed by atoms with Crippen molar-refractivity contribution >= 4 is 41.3 Å². The minimum Gasteiger partial charge on any atom is -0.480 e. The van der Waals surface area contributed by atoms with Crippen LogP contribution in [0, 0.1) is 5.41 Å². The maximum Gasteiger partial charge on any atom is 0.323 e. The van der Waals surface area contributed by atoms with E-state index in [4.69, 9.17) is 41.8 Å². The van der Waals surface area contributed by atoms with Gasteiger partial charge < -0.3 is 46.1 Å².